The maximum absolute atomic E-state index is 9.72. The van der Waals surface area contributed by atoms with Gasteiger partial charge < -0.3 is 15.2 Å². The van der Waals surface area contributed by atoms with Crippen LogP contribution in [0, 0.1) is 11.3 Å². The highest BCUT2D eigenvalue weighted by atomic mass is 16.5. The molecule has 1 aromatic heterocycles. The van der Waals surface area contributed by atoms with Gasteiger partial charge in [0, 0.05) is 11.1 Å². The van der Waals surface area contributed by atoms with Crippen molar-refractivity contribution in [3.8, 4) is 17.7 Å². The minimum Gasteiger partial charge on any atom is -0.494 e. The Morgan fingerprint density at radius 2 is 2.00 bits per heavy atom. The summed E-state index contributed by atoms with van der Waals surface area (Å²) in [5.74, 6) is 1.03. The Hall–Kier alpha value is -2.94. The van der Waals surface area contributed by atoms with E-state index in [2.05, 4.69) is 44.0 Å². The Kier molecular flexibility index (Phi) is 5.13. The quantitative estimate of drug-likeness (QED) is 0.776. The molecule has 142 valence electrons. The first-order chi connectivity index (χ1) is 12.9. The molecule has 27 heavy (non-hydrogen) atoms. The zero-order valence-corrected chi connectivity index (χ0v) is 16.3. The summed E-state index contributed by atoms with van der Waals surface area (Å²) in [6.45, 7) is 9.11. The van der Waals surface area contributed by atoms with Crippen LogP contribution >= 0.6 is 0 Å². The number of rotatable bonds is 5. The molecule has 0 unspecified atom stereocenters. The molecule has 1 aliphatic rings. The number of nitrogens with zero attached hydrogens (tertiary/aromatic N) is 2. The standard InChI is InChI=1S/C21H26N4O2/c1-5-6-11-26-14-9-7-13(8-10-14)16-15(12-22)19(23)27-20-17(16)18(24-25-20)21(2,3)4/h7-10,16H,5-6,11,23H2,1-4H3,(H,24,25)/t16-/m0/s1. The molecular formula is C21H26N4O2. The van der Waals surface area contributed by atoms with Crippen LogP contribution in [-0.4, -0.2) is 16.8 Å². The molecule has 0 bridgehead atoms. The predicted molar refractivity (Wildman–Crippen MR) is 103 cm³/mol. The number of ether oxygens (including phenoxy) is 2. The highest BCUT2D eigenvalue weighted by Gasteiger charge is 2.37. The first-order valence-electron chi connectivity index (χ1n) is 9.26. The molecule has 1 atom stereocenters. The Balaban J connectivity index is 2.03. The Morgan fingerprint density at radius 3 is 2.59 bits per heavy atom. The molecule has 2 aromatic rings. The Morgan fingerprint density at radius 1 is 1.30 bits per heavy atom. The average molecular weight is 366 g/mol. The molecule has 3 rings (SSSR count). The zero-order valence-electron chi connectivity index (χ0n) is 16.3. The second-order valence-corrected chi connectivity index (χ2v) is 7.76. The van der Waals surface area contributed by atoms with E-state index in [1.54, 1.807) is 0 Å². The van der Waals surface area contributed by atoms with E-state index < -0.39 is 0 Å². The summed E-state index contributed by atoms with van der Waals surface area (Å²) in [6.07, 6.45) is 2.11. The molecular weight excluding hydrogens is 340 g/mol. The fourth-order valence-corrected chi connectivity index (χ4v) is 3.24. The lowest BCUT2D eigenvalue weighted by Crippen LogP contribution is -2.23. The molecule has 6 nitrogen and oxygen atoms in total. The summed E-state index contributed by atoms with van der Waals surface area (Å²) in [4.78, 5) is 0. The first kappa shape index (κ1) is 18.8. The third-order valence-electron chi connectivity index (χ3n) is 4.67. The van der Waals surface area contributed by atoms with Gasteiger partial charge in [0.1, 0.15) is 17.4 Å². The van der Waals surface area contributed by atoms with E-state index >= 15 is 0 Å². The van der Waals surface area contributed by atoms with Crippen molar-refractivity contribution >= 4 is 0 Å². The largest absolute Gasteiger partial charge is 0.494 e. The normalized spacial score (nSPS) is 16.5. The second-order valence-electron chi connectivity index (χ2n) is 7.76. The van der Waals surface area contributed by atoms with Gasteiger partial charge in [0.2, 0.25) is 11.8 Å². The topological polar surface area (TPSA) is 96.9 Å². The maximum Gasteiger partial charge on any atom is 0.244 e. The van der Waals surface area contributed by atoms with E-state index in [9.17, 15) is 5.26 Å². The van der Waals surface area contributed by atoms with Crippen LogP contribution in [0.5, 0.6) is 11.6 Å². The van der Waals surface area contributed by atoms with E-state index in [1.165, 1.54) is 0 Å². The van der Waals surface area contributed by atoms with E-state index in [0.717, 1.165) is 35.4 Å². The summed E-state index contributed by atoms with van der Waals surface area (Å²) >= 11 is 0. The molecule has 0 saturated heterocycles. The minimum absolute atomic E-state index is 0.102. The van der Waals surface area contributed by atoms with Gasteiger partial charge in [0.25, 0.3) is 0 Å². The minimum atomic E-state index is -0.323. The Labute approximate surface area is 160 Å². The van der Waals surface area contributed by atoms with Crippen molar-refractivity contribution in [2.45, 2.75) is 51.9 Å². The monoisotopic (exact) mass is 366 g/mol. The smallest absolute Gasteiger partial charge is 0.244 e. The van der Waals surface area contributed by atoms with Gasteiger partial charge in [0.05, 0.1) is 18.1 Å². The number of nitriles is 1. The van der Waals surface area contributed by atoms with Crippen LogP contribution in [0.25, 0.3) is 0 Å². The van der Waals surface area contributed by atoms with Crippen LogP contribution in [0.1, 0.15) is 63.3 Å². The molecule has 0 fully saturated rings. The molecule has 0 radical (unpaired) electrons. The summed E-state index contributed by atoms with van der Waals surface area (Å²) in [6, 6.07) is 10.0. The number of nitrogens with one attached hydrogen (secondary N) is 1. The van der Waals surface area contributed by atoms with E-state index in [4.69, 9.17) is 15.2 Å². The number of benzene rings is 1. The van der Waals surface area contributed by atoms with Crippen LogP contribution < -0.4 is 15.2 Å². The molecule has 2 heterocycles. The van der Waals surface area contributed by atoms with Crippen LogP contribution in [-0.2, 0) is 5.41 Å². The average Bonchev–Trinajstić information content (AvgIpc) is 3.05. The fraction of sp³-hybridized carbons (Fsp3) is 0.429. The number of unbranched alkanes of at least 4 members (excludes halogenated alkanes) is 1. The molecule has 1 aliphatic heterocycles. The van der Waals surface area contributed by atoms with Gasteiger partial charge in [0.15, 0.2) is 0 Å². The van der Waals surface area contributed by atoms with Crippen molar-refractivity contribution in [3.05, 3.63) is 52.5 Å². The van der Waals surface area contributed by atoms with Crippen LogP contribution in [0.3, 0.4) is 0 Å². The number of allylic oxidation sites excluding steroid dienone is 1. The van der Waals surface area contributed by atoms with Gasteiger partial charge in [-0.05, 0) is 24.1 Å². The van der Waals surface area contributed by atoms with Crippen molar-refractivity contribution < 1.29 is 9.47 Å². The van der Waals surface area contributed by atoms with Crippen molar-refractivity contribution in [1.82, 2.24) is 10.2 Å². The summed E-state index contributed by atoms with van der Waals surface area (Å²) in [5, 5.41) is 17.1. The van der Waals surface area contributed by atoms with Crippen molar-refractivity contribution in [1.29, 1.82) is 5.26 Å². The van der Waals surface area contributed by atoms with Crippen LogP contribution in [0.2, 0.25) is 0 Å². The third kappa shape index (κ3) is 3.63. The van der Waals surface area contributed by atoms with E-state index in [-0.39, 0.29) is 17.2 Å². The molecule has 6 heteroatoms. The number of aromatic nitrogens is 2. The molecule has 1 aromatic carbocycles. The van der Waals surface area contributed by atoms with E-state index in [0.29, 0.717) is 18.1 Å². The SMILES string of the molecule is CCCCOc1ccc([C@H]2C(C#N)=C(N)Oc3n[nH]c(C(C)(C)C)c32)cc1. The number of hydrogen-bond donors (Lipinski definition) is 2. The zero-order chi connectivity index (χ0) is 19.6. The van der Waals surface area contributed by atoms with Crippen LogP contribution in [0.15, 0.2) is 35.7 Å². The Bertz CT molecular complexity index is 882. The number of hydrogen-bond acceptors (Lipinski definition) is 5. The lowest BCUT2D eigenvalue weighted by atomic mass is 9.79. The first-order valence-corrected chi connectivity index (χ1v) is 9.26. The number of nitrogens with two attached hydrogens (primary N) is 1. The van der Waals surface area contributed by atoms with Gasteiger partial charge in [-0.1, -0.05) is 46.2 Å². The number of fused-ring (bicyclic) bond motifs is 1. The summed E-state index contributed by atoms with van der Waals surface area (Å²) in [5.41, 5.74) is 8.99. The van der Waals surface area contributed by atoms with Gasteiger partial charge in [-0.3, -0.25) is 5.10 Å². The fourth-order valence-electron chi connectivity index (χ4n) is 3.24. The maximum atomic E-state index is 9.72. The third-order valence-corrected chi connectivity index (χ3v) is 4.67. The van der Waals surface area contributed by atoms with E-state index in [1.807, 2.05) is 24.3 Å². The lowest BCUT2D eigenvalue weighted by molar-refractivity contribution is 0.309. The number of H-pyrrole nitrogens is 1. The highest BCUT2D eigenvalue weighted by molar-refractivity contribution is 5.56. The molecule has 0 spiro atoms. The van der Waals surface area contributed by atoms with Crippen molar-refractivity contribution in [2.75, 3.05) is 6.61 Å². The van der Waals surface area contributed by atoms with Crippen molar-refractivity contribution in [2.24, 2.45) is 5.73 Å². The molecule has 3 N–H and O–H groups in total. The number of aromatic amines is 1. The van der Waals surface area contributed by atoms with Crippen LogP contribution in [0.4, 0.5) is 0 Å². The molecule has 0 saturated carbocycles. The summed E-state index contributed by atoms with van der Waals surface area (Å²) in [7, 11) is 0. The van der Waals surface area contributed by atoms with Gasteiger partial charge in [-0.25, -0.2) is 0 Å². The van der Waals surface area contributed by atoms with Crippen molar-refractivity contribution in [3.63, 3.8) is 0 Å². The van der Waals surface area contributed by atoms with Gasteiger partial charge >= 0.3 is 0 Å². The second kappa shape index (κ2) is 7.36. The molecule has 0 aliphatic carbocycles. The molecule has 0 amide bonds. The van der Waals surface area contributed by atoms with Gasteiger partial charge in [-0.15, -0.1) is 5.10 Å². The lowest BCUT2D eigenvalue weighted by Gasteiger charge is -2.27. The summed E-state index contributed by atoms with van der Waals surface area (Å²) < 4.78 is 11.4. The predicted octanol–water partition coefficient (Wildman–Crippen LogP) is 4.10. The van der Waals surface area contributed by atoms with Gasteiger partial charge in [-0.2, -0.15) is 5.26 Å². The highest BCUT2D eigenvalue weighted by Crippen LogP contribution is 2.45.